The first-order valence-electron chi connectivity index (χ1n) is 8.08. The molecule has 0 saturated carbocycles. The molecule has 5 nitrogen and oxygen atoms in total. The molecule has 1 aliphatic rings. The van der Waals surface area contributed by atoms with Crippen LogP contribution in [0, 0.1) is 5.92 Å². The van der Waals surface area contributed by atoms with Gasteiger partial charge in [0.05, 0.1) is 6.54 Å². The summed E-state index contributed by atoms with van der Waals surface area (Å²) < 4.78 is 5.82. The second kappa shape index (κ2) is 6.44. The van der Waals surface area contributed by atoms with Crippen molar-refractivity contribution in [1.82, 2.24) is 9.88 Å². The summed E-state index contributed by atoms with van der Waals surface area (Å²) in [6.45, 7) is 5.44. The Morgan fingerprint density at radius 2 is 2.26 bits per heavy atom. The molecule has 5 heteroatoms. The highest BCUT2D eigenvalue weighted by Crippen LogP contribution is 2.23. The second-order valence-corrected chi connectivity index (χ2v) is 6.44. The quantitative estimate of drug-likeness (QED) is 0.941. The van der Waals surface area contributed by atoms with E-state index in [9.17, 15) is 9.90 Å². The first-order chi connectivity index (χ1) is 11.0. The van der Waals surface area contributed by atoms with Crippen molar-refractivity contribution in [2.24, 2.45) is 5.92 Å². The Labute approximate surface area is 135 Å². The van der Waals surface area contributed by atoms with Crippen LogP contribution in [0.25, 0.3) is 0 Å². The Balaban J connectivity index is 1.71. The van der Waals surface area contributed by atoms with Gasteiger partial charge in [-0.3, -0.25) is 4.79 Å². The molecule has 1 aromatic heterocycles. The zero-order valence-corrected chi connectivity index (χ0v) is 13.6. The fourth-order valence-corrected chi connectivity index (χ4v) is 2.77. The highest BCUT2D eigenvalue weighted by molar-refractivity contribution is 5.94. The first kappa shape index (κ1) is 15.6. The van der Waals surface area contributed by atoms with Crippen molar-refractivity contribution < 1.29 is 14.3 Å². The molecule has 122 valence electrons. The number of aryl methyl sites for hydroxylation is 1. The molecular formula is C18H22N2O3. The molecule has 1 N–H and O–H groups in total. The van der Waals surface area contributed by atoms with E-state index in [-0.39, 0.29) is 11.7 Å². The number of aromatic hydroxyl groups is 1. The highest BCUT2D eigenvalue weighted by Gasteiger charge is 2.26. The van der Waals surface area contributed by atoms with Gasteiger partial charge in [0.25, 0.3) is 5.91 Å². The number of amides is 1. The van der Waals surface area contributed by atoms with Crippen LogP contribution in [0.2, 0.25) is 0 Å². The van der Waals surface area contributed by atoms with Gasteiger partial charge >= 0.3 is 0 Å². The number of fused-ring (bicyclic) bond motifs is 1. The van der Waals surface area contributed by atoms with Crippen molar-refractivity contribution in [3.63, 3.8) is 0 Å². The van der Waals surface area contributed by atoms with E-state index in [0.717, 1.165) is 30.2 Å². The molecule has 0 fully saturated rings. The van der Waals surface area contributed by atoms with Crippen LogP contribution in [0.1, 0.15) is 48.0 Å². The van der Waals surface area contributed by atoms with E-state index < -0.39 is 0 Å². The summed E-state index contributed by atoms with van der Waals surface area (Å²) in [5, 5.41) is 9.53. The number of phenols is 1. The Morgan fingerprint density at radius 3 is 3.00 bits per heavy atom. The number of hydrogen-bond acceptors (Lipinski definition) is 4. The number of carbonyl (C=O) groups is 1. The molecule has 0 saturated heterocycles. The third kappa shape index (κ3) is 3.55. The van der Waals surface area contributed by atoms with Gasteiger partial charge in [0.15, 0.2) is 5.89 Å². The van der Waals surface area contributed by atoms with E-state index in [1.165, 1.54) is 6.07 Å². The van der Waals surface area contributed by atoms with Gasteiger partial charge in [0, 0.05) is 24.9 Å². The van der Waals surface area contributed by atoms with Gasteiger partial charge in [-0.2, -0.15) is 0 Å². The lowest BCUT2D eigenvalue weighted by atomic mass is 10.1. The molecule has 2 heterocycles. The summed E-state index contributed by atoms with van der Waals surface area (Å²) in [5.41, 5.74) is 1.36. The first-order valence-corrected chi connectivity index (χ1v) is 8.08. The van der Waals surface area contributed by atoms with Gasteiger partial charge < -0.3 is 14.4 Å². The Bertz CT molecular complexity index is 706. The third-order valence-corrected chi connectivity index (χ3v) is 4.09. The number of hydrogen-bond donors (Lipinski definition) is 1. The summed E-state index contributed by atoms with van der Waals surface area (Å²) in [6.07, 6.45) is 2.57. The number of nitrogens with zero attached hydrogens (tertiary/aromatic N) is 2. The van der Waals surface area contributed by atoms with E-state index in [4.69, 9.17) is 4.42 Å². The van der Waals surface area contributed by atoms with Gasteiger partial charge in [0.2, 0.25) is 0 Å². The molecule has 0 unspecified atom stereocenters. The molecule has 1 aliphatic heterocycles. The minimum absolute atomic E-state index is 0.0849. The van der Waals surface area contributed by atoms with Crippen molar-refractivity contribution in [1.29, 1.82) is 0 Å². The monoisotopic (exact) mass is 314 g/mol. The topological polar surface area (TPSA) is 66.6 Å². The Morgan fingerprint density at radius 1 is 1.43 bits per heavy atom. The van der Waals surface area contributed by atoms with Crippen LogP contribution in [0.3, 0.4) is 0 Å². The number of benzene rings is 1. The fraction of sp³-hybridized carbons (Fsp3) is 0.444. The SMILES string of the molecule is CC(C)CCc1nc2c(o1)CCN(C(=O)c1cccc(O)c1)C2. The predicted octanol–water partition coefficient (Wildman–Crippen LogP) is 3.17. The van der Waals surface area contributed by atoms with Gasteiger partial charge in [-0.1, -0.05) is 19.9 Å². The summed E-state index contributed by atoms with van der Waals surface area (Å²) in [4.78, 5) is 18.9. The van der Waals surface area contributed by atoms with Crippen molar-refractivity contribution in [2.45, 2.75) is 39.7 Å². The normalized spacial score (nSPS) is 14.1. The lowest BCUT2D eigenvalue weighted by Crippen LogP contribution is -2.35. The zero-order chi connectivity index (χ0) is 16.4. The molecule has 2 aromatic rings. The maximum absolute atomic E-state index is 12.5. The largest absolute Gasteiger partial charge is 0.508 e. The molecule has 0 spiro atoms. The lowest BCUT2D eigenvalue weighted by molar-refractivity contribution is 0.0727. The molecular weight excluding hydrogens is 292 g/mol. The van der Waals surface area contributed by atoms with Crippen molar-refractivity contribution >= 4 is 5.91 Å². The molecule has 1 aromatic carbocycles. The van der Waals surface area contributed by atoms with E-state index in [2.05, 4.69) is 18.8 Å². The molecule has 0 bridgehead atoms. The van der Waals surface area contributed by atoms with Gasteiger partial charge in [0.1, 0.15) is 17.2 Å². The van der Waals surface area contributed by atoms with Crippen molar-refractivity contribution in [3.8, 4) is 5.75 Å². The lowest BCUT2D eigenvalue weighted by Gasteiger charge is -2.25. The smallest absolute Gasteiger partial charge is 0.254 e. The molecule has 3 rings (SSSR count). The molecule has 0 radical (unpaired) electrons. The summed E-state index contributed by atoms with van der Waals surface area (Å²) in [7, 11) is 0. The number of carbonyl (C=O) groups excluding carboxylic acids is 1. The average Bonchev–Trinajstić information content (AvgIpc) is 2.94. The molecule has 0 atom stereocenters. The van der Waals surface area contributed by atoms with Gasteiger partial charge in [-0.25, -0.2) is 4.98 Å². The maximum Gasteiger partial charge on any atom is 0.254 e. The summed E-state index contributed by atoms with van der Waals surface area (Å²) >= 11 is 0. The highest BCUT2D eigenvalue weighted by atomic mass is 16.4. The standard InChI is InChI=1S/C18H22N2O3/c1-12(2)6-7-17-19-15-11-20(9-8-16(15)23-17)18(22)13-4-3-5-14(21)10-13/h3-5,10,12,21H,6-9,11H2,1-2H3. The van der Waals surface area contributed by atoms with Crippen LogP contribution < -0.4 is 0 Å². The third-order valence-electron chi connectivity index (χ3n) is 4.09. The van der Waals surface area contributed by atoms with Crippen LogP contribution in [0.5, 0.6) is 5.75 Å². The average molecular weight is 314 g/mol. The Hall–Kier alpha value is -2.30. The predicted molar refractivity (Wildman–Crippen MR) is 86.2 cm³/mol. The number of aromatic nitrogens is 1. The zero-order valence-electron chi connectivity index (χ0n) is 13.6. The number of rotatable bonds is 4. The van der Waals surface area contributed by atoms with Gasteiger partial charge in [-0.15, -0.1) is 0 Å². The molecule has 0 aliphatic carbocycles. The molecule has 23 heavy (non-hydrogen) atoms. The van der Waals surface area contributed by atoms with Crippen LogP contribution >= 0.6 is 0 Å². The minimum atomic E-state index is -0.0849. The minimum Gasteiger partial charge on any atom is -0.508 e. The Kier molecular flexibility index (Phi) is 4.37. The number of oxazole rings is 1. The van der Waals surface area contributed by atoms with E-state index in [1.54, 1.807) is 23.1 Å². The van der Waals surface area contributed by atoms with E-state index in [1.807, 2.05) is 0 Å². The number of phenolic OH excluding ortho intramolecular Hbond substituents is 1. The summed E-state index contributed by atoms with van der Waals surface area (Å²) in [6, 6.07) is 6.45. The van der Waals surface area contributed by atoms with Crippen molar-refractivity contribution in [2.75, 3.05) is 6.54 Å². The fourth-order valence-electron chi connectivity index (χ4n) is 2.77. The van der Waals surface area contributed by atoms with Crippen LogP contribution in [0.4, 0.5) is 0 Å². The second-order valence-electron chi connectivity index (χ2n) is 6.44. The summed E-state index contributed by atoms with van der Waals surface area (Å²) in [5.74, 6) is 2.31. The van der Waals surface area contributed by atoms with E-state index in [0.29, 0.717) is 31.0 Å². The van der Waals surface area contributed by atoms with Crippen LogP contribution in [-0.4, -0.2) is 27.4 Å². The molecule has 1 amide bonds. The van der Waals surface area contributed by atoms with Crippen molar-refractivity contribution in [3.05, 3.63) is 47.2 Å². The van der Waals surface area contributed by atoms with E-state index >= 15 is 0 Å². The maximum atomic E-state index is 12.5. The van der Waals surface area contributed by atoms with Crippen LogP contribution in [-0.2, 0) is 19.4 Å². The van der Waals surface area contributed by atoms with Crippen LogP contribution in [0.15, 0.2) is 28.7 Å². The van der Waals surface area contributed by atoms with Gasteiger partial charge in [-0.05, 0) is 30.5 Å².